The second-order valence-corrected chi connectivity index (χ2v) is 4.66. The number of hydrogen-bond donors (Lipinski definition) is 1. The third-order valence-electron chi connectivity index (χ3n) is 2.13. The van der Waals surface area contributed by atoms with E-state index in [0.717, 1.165) is 11.8 Å². The summed E-state index contributed by atoms with van der Waals surface area (Å²) in [6.45, 7) is 0. The summed E-state index contributed by atoms with van der Waals surface area (Å²) < 4.78 is 0. The minimum Gasteiger partial charge on any atom is -0.367 e. The monoisotopic (exact) mass is 297 g/mol. The normalized spacial score (nSPS) is 10.2. The average molecular weight is 298 g/mol. The van der Waals surface area contributed by atoms with Crippen LogP contribution < -0.4 is 5.32 Å². The Morgan fingerprint density at radius 3 is 2.79 bits per heavy atom. The van der Waals surface area contributed by atoms with E-state index in [0.29, 0.717) is 10.0 Å². The summed E-state index contributed by atoms with van der Waals surface area (Å²) in [5, 5.41) is 14.8. The largest absolute Gasteiger partial charge is 0.367 e. The average Bonchev–Trinajstić information content (AvgIpc) is 2.40. The van der Waals surface area contributed by atoms with Crippen molar-refractivity contribution >= 4 is 34.9 Å². The molecule has 2 aromatic heterocycles. The molecule has 0 aromatic carbocycles. The summed E-state index contributed by atoms with van der Waals surface area (Å²) in [7, 11) is 1.55. The Morgan fingerprint density at radius 1 is 1.37 bits per heavy atom. The van der Waals surface area contributed by atoms with Gasteiger partial charge in [0, 0.05) is 13.2 Å². The fourth-order valence-electron chi connectivity index (χ4n) is 1.32. The molecule has 19 heavy (non-hydrogen) atoms. The van der Waals surface area contributed by atoms with Gasteiger partial charge in [-0.2, -0.15) is 0 Å². The second-order valence-electron chi connectivity index (χ2n) is 3.28. The van der Waals surface area contributed by atoms with Crippen LogP contribution in [0.15, 0.2) is 34.7 Å². The predicted octanol–water partition coefficient (Wildman–Crippen LogP) is 2.63. The molecule has 2 rings (SSSR count). The van der Waals surface area contributed by atoms with Gasteiger partial charge in [-0.15, -0.1) is 0 Å². The molecule has 0 amide bonds. The number of rotatable bonds is 4. The highest BCUT2D eigenvalue weighted by Crippen LogP contribution is 2.37. The van der Waals surface area contributed by atoms with Gasteiger partial charge in [0.2, 0.25) is 5.82 Å². The molecule has 0 aliphatic carbocycles. The van der Waals surface area contributed by atoms with Crippen LogP contribution in [-0.4, -0.2) is 26.9 Å². The zero-order valence-corrected chi connectivity index (χ0v) is 11.3. The van der Waals surface area contributed by atoms with Gasteiger partial charge in [-0.25, -0.2) is 15.0 Å². The lowest BCUT2D eigenvalue weighted by Gasteiger charge is -2.05. The number of nitro groups is 1. The van der Waals surface area contributed by atoms with Crippen molar-refractivity contribution in [1.82, 2.24) is 15.0 Å². The van der Waals surface area contributed by atoms with E-state index in [4.69, 9.17) is 11.6 Å². The van der Waals surface area contributed by atoms with Crippen LogP contribution in [0.4, 0.5) is 11.5 Å². The van der Waals surface area contributed by atoms with Crippen molar-refractivity contribution in [2.24, 2.45) is 0 Å². The molecule has 98 valence electrons. The van der Waals surface area contributed by atoms with Crippen LogP contribution in [-0.2, 0) is 0 Å². The van der Waals surface area contributed by atoms with Gasteiger partial charge in [-0.05, 0) is 23.9 Å². The van der Waals surface area contributed by atoms with E-state index in [2.05, 4.69) is 20.3 Å². The molecule has 1 N–H and O–H groups in total. The molecule has 0 saturated carbocycles. The molecular weight excluding hydrogens is 290 g/mol. The lowest BCUT2D eigenvalue weighted by molar-refractivity contribution is -0.387. The number of anilines is 1. The number of aromatic nitrogens is 3. The van der Waals surface area contributed by atoms with Crippen LogP contribution in [0.5, 0.6) is 0 Å². The predicted molar refractivity (Wildman–Crippen MR) is 71.6 cm³/mol. The molecule has 0 spiro atoms. The maximum absolute atomic E-state index is 11.1. The molecule has 2 aromatic rings. The molecule has 0 bridgehead atoms. The fourth-order valence-corrected chi connectivity index (χ4v) is 2.39. The van der Waals surface area contributed by atoms with Crippen LogP contribution in [0, 0.1) is 10.1 Å². The van der Waals surface area contributed by atoms with Gasteiger partial charge in [-0.3, -0.25) is 10.1 Å². The fraction of sp³-hybridized carbons (Fsp3) is 0.100. The number of pyridine rings is 1. The van der Waals surface area contributed by atoms with Crippen molar-refractivity contribution in [3.05, 3.63) is 39.8 Å². The van der Waals surface area contributed by atoms with E-state index in [1.165, 1.54) is 6.33 Å². The number of hydrogen-bond acceptors (Lipinski definition) is 7. The van der Waals surface area contributed by atoms with Crippen LogP contribution >= 0.6 is 23.4 Å². The number of nitrogens with zero attached hydrogens (tertiary/aromatic N) is 4. The van der Waals surface area contributed by atoms with Crippen LogP contribution in [0.25, 0.3) is 0 Å². The van der Waals surface area contributed by atoms with E-state index in [9.17, 15) is 10.1 Å². The molecule has 0 fully saturated rings. The highest BCUT2D eigenvalue weighted by Gasteiger charge is 2.23. The molecule has 2 heterocycles. The Labute approximate surface area is 117 Å². The van der Waals surface area contributed by atoms with E-state index < -0.39 is 4.92 Å². The Morgan fingerprint density at radius 2 is 2.16 bits per heavy atom. The first kappa shape index (κ1) is 13.5. The molecule has 0 aliphatic heterocycles. The summed E-state index contributed by atoms with van der Waals surface area (Å²) in [6, 6.07) is 3.34. The van der Waals surface area contributed by atoms with Gasteiger partial charge < -0.3 is 5.32 Å². The molecular formula is C10H8ClN5O2S. The van der Waals surface area contributed by atoms with Crippen LogP contribution in [0.2, 0.25) is 5.02 Å². The summed E-state index contributed by atoms with van der Waals surface area (Å²) in [6.07, 6.45) is 2.80. The second kappa shape index (κ2) is 5.81. The highest BCUT2D eigenvalue weighted by atomic mass is 35.5. The van der Waals surface area contributed by atoms with Gasteiger partial charge in [0.15, 0.2) is 5.03 Å². The zero-order valence-electron chi connectivity index (χ0n) is 9.70. The molecule has 7 nitrogen and oxygen atoms in total. The SMILES string of the molecule is CNc1ncnc(Sc2ncccc2Cl)c1[N+](=O)[O-]. The molecule has 0 unspecified atom stereocenters. The van der Waals surface area contributed by atoms with Crippen LogP contribution in [0.3, 0.4) is 0 Å². The zero-order chi connectivity index (χ0) is 13.8. The van der Waals surface area contributed by atoms with Crippen molar-refractivity contribution in [1.29, 1.82) is 0 Å². The van der Waals surface area contributed by atoms with Crippen molar-refractivity contribution in [3.8, 4) is 0 Å². The third-order valence-corrected chi connectivity index (χ3v) is 3.55. The molecule has 0 saturated heterocycles. The van der Waals surface area contributed by atoms with Crippen molar-refractivity contribution in [3.63, 3.8) is 0 Å². The molecule has 0 aliphatic rings. The standard InChI is InChI=1S/C10H8ClN5O2S/c1-12-8-7(16(17)18)10(15-5-14-8)19-9-6(11)3-2-4-13-9/h2-5H,1H3,(H,12,14,15). The summed E-state index contributed by atoms with van der Waals surface area (Å²) in [5.41, 5.74) is -0.197. The van der Waals surface area contributed by atoms with Crippen molar-refractivity contribution in [2.75, 3.05) is 12.4 Å². The van der Waals surface area contributed by atoms with Gasteiger partial charge in [0.05, 0.1) is 9.95 Å². The molecule has 0 radical (unpaired) electrons. The lowest BCUT2D eigenvalue weighted by Crippen LogP contribution is -2.02. The molecule has 0 atom stereocenters. The lowest BCUT2D eigenvalue weighted by atomic mass is 10.5. The van der Waals surface area contributed by atoms with E-state index >= 15 is 0 Å². The van der Waals surface area contributed by atoms with Gasteiger partial charge in [-0.1, -0.05) is 11.6 Å². The number of halogens is 1. The first-order valence-electron chi connectivity index (χ1n) is 5.09. The summed E-state index contributed by atoms with van der Waals surface area (Å²) in [4.78, 5) is 22.3. The van der Waals surface area contributed by atoms with Crippen LogP contribution in [0.1, 0.15) is 0 Å². The van der Waals surface area contributed by atoms with Crippen molar-refractivity contribution < 1.29 is 4.92 Å². The van der Waals surface area contributed by atoms with E-state index in [-0.39, 0.29) is 16.5 Å². The van der Waals surface area contributed by atoms with Gasteiger partial charge >= 0.3 is 5.69 Å². The first-order chi connectivity index (χ1) is 9.13. The first-order valence-corrected chi connectivity index (χ1v) is 6.28. The quantitative estimate of drug-likeness (QED) is 0.526. The maximum atomic E-state index is 11.1. The maximum Gasteiger partial charge on any atom is 0.343 e. The Bertz CT molecular complexity index is 625. The van der Waals surface area contributed by atoms with E-state index in [1.807, 2.05) is 0 Å². The topological polar surface area (TPSA) is 93.8 Å². The third kappa shape index (κ3) is 2.91. The smallest absolute Gasteiger partial charge is 0.343 e. The Hall–Kier alpha value is -1.93. The summed E-state index contributed by atoms with van der Waals surface area (Å²) in [5.74, 6) is 0.148. The summed E-state index contributed by atoms with van der Waals surface area (Å²) >= 11 is 6.99. The van der Waals surface area contributed by atoms with E-state index in [1.54, 1.807) is 25.4 Å². The van der Waals surface area contributed by atoms with Crippen molar-refractivity contribution in [2.45, 2.75) is 10.1 Å². The molecule has 9 heteroatoms. The minimum atomic E-state index is -0.537. The Balaban J connectivity index is 2.46. The Kier molecular flexibility index (Phi) is 4.13. The highest BCUT2D eigenvalue weighted by molar-refractivity contribution is 7.99. The van der Waals surface area contributed by atoms with Gasteiger partial charge in [0.1, 0.15) is 11.4 Å². The minimum absolute atomic E-state index is 0.148. The van der Waals surface area contributed by atoms with Gasteiger partial charge in [0.25, 0.3) is 0 Å². The number of nitrogens with one attached hydrogen (secondary N) is 1.